The largest absolute Gasteiger partial charge is 0.464 e. The fraction of sp³-hybridized carbons (Fsp3) is 0.810. The zero-order valence-electron chi connectivity index (χ0n) is 19.5. The van der Waals surface area contributed by atoms with E-state index in [1.54, 1.807) is 46.4 Å². The van der Waals surface area contributed by atoms with Crippen molar-refractivity contribution in [3.8, 4) is 0 Å². The molecule has 0 aromatic rings. The van der Waals surface area contributed by atoms with E-state index in [1.807, 2.05) is 0 Å². The highest BCUT2D eigenvalue weighted by Gasteiger charge is 2.57. The molecule has 10 nitrogen and oxygen atoms in total. The second-order valence-corrected chi connectivity index (χ2v) is 9.63. The van der Waals surface area contributed by atoms with Gasteiger partial charge in [0.1, 0.15) is 17.7 Å². The van der Waals surface area contributed by atoms with E-state index in [4.69, 9.17) is 9.47 Å². The lowest BCUT2D eigenvalue weighted by Gasteiger charge is -2.47. The molecule has 0 bridgehead atoms. The molecule has 31 heavy (non-hydrogen) atoms. The van der Waals surface area contributed by atoms with E-state index in [9.17, 15) is 19.2 Å². The predicted octanol–water partition coefficient (Wildman–Crippen LogP) is 1.77. The van der Waals surface area contributed by atoms with Crippen LogP contribution in [-0.4, -0.2) is 84.9 Å². The first-order chi connectivity index (χ1) is 14.3. The fourth-order valence-electron chi connectivity index (χ4n) is 4.06. The van der Waals surface area contributed by atoms with Crippen molar-refractivity contribution >= 4 is 24.1 Å². The molecular formula is C21H35N3O7. The molecule has 2 aliphatic rings. The van der Waals surface area contributed by atoms with Crippen LogP contribution in [0.15, 0.2) is 0 Å². The van der Waals surface area contributed by atoms with Gasteiger partial charge in [-0.3, -0.25) is 4.79 Å². The van der Waals surface area contributed by atoms with Crippen LogP contribution >= 0.6 is 0 Å². The molecule has 2 heterocycles. The van der Waals surface area contributed by atoms with Crippen LogP contribution in [0.3, 0.4) is 0 Å². The predicted molar refractivity (Wildman–Crippen MR) is 111 cm³/mol. The van der Waals surface area contributed by atoms with Crippen LogP contribution in [0.5, 0.6) is 0 Å². The summed E-state index contributed by atoms with van der Waals surface area (Å²) >= 11 is 0. The first-order valence-corrected chi connectivity index (χ1v) is 10.6. The van der Waals surface area contributed by atoms with E-state index < -0.39 is 41.3 Å². The van der Waals surface area contributed by atoms with Gasteiger partial charge >= 0.3 is 18.2 Å². The van der Waals surface area contributed by atoms with Gasteiger partial charge in [-0.1, -0.05) is 13.8 Å². The van der Waals surface area contributed by atoms with Crippen molar-refractivity contribution in [2.75, 3.05) is 33.4 Å². The summed E-state index contributed by atoms with van der Waals surface area (Å²) < 4.78 is 15.3. The minimum Gasteiger partial charge on any atom is -0.464 e. The van der Waals surface area contributed by atoms with Crippen LogP contribution in [-0.2, 0) is 23.8 Å². The Bertz CT molecular complexity index is 710. The number of methoxy groups -OCH3 is 1. The summed E-state index contributed by atoms with van der Waals surface area (Å²) in [6.45, 7) is 12.0. The first-order valence-electron chi connectivity index (χ1n) is 10.6. The van der Waals surface area contributed by atoms with Crippen LogP contribution in [0.25, 0.3) is 0 Å². The van der Waals surface area contributed by atoms with Crippen molar-refractivity contribution < 1.29 is 33.4 Å². The van der Waals surface area contributed by atoms with Crippen LogP contribution in [0.4, 0.5) is 9.59 Å². The molecule has 0 aromatic heterocycles. The lowest BCUT2D eigenvalue weighted by Crippen LogP contribution is -2.61. The Kier molecular flexibility index (Phi) is 7.44. The molecule has 1 unspecified atom stereocenters. The number of rotatable bonds is 5. The zero-order valence-corrected chi connectivity index (χ0v) is 19.5. The van der Waals surface area contributed by atoms with Crippen LogP contribution in [0.2, 0.25) is 0 Å². The summed E-state index contributed by atoms with van der Waals surface area (Å²) in [7, 11) is 1.23. The van der Waals surface area contributed by atoms with Crippen molar-refractivity contribution in [2.24, 2.45) is 11.3 Å². The lowest BCUT2D eigenvalue weighted by atomic mass is 9.78. The van der Waals surface area contributed by atoms with Gasteiger partial charge in [-0.05, 0) is 40.0 Å². The molecular weight excluding hydrogens is 406 g/mol. The molecule has 1 spiro atoms. The fourth-order valence-corrected chi connectivity index (χ4v) is 4.06. The minimum atomic E-state index is -0.846. The number of alkyl carbamates (subject to hydrolysis) is 1. The van der Waals surface area contributed by atoms with Crippen LogP contribution in [0.1, 0.15) is 48.0 Å². The van der Waals surface area contributed by atoms with Crippen LogP contribution < -0.4 is 5.32 Å². The SMILES string of the molecule is CCOC(=O)C1CC2(CN(C(=O)OC(C)(C)C)C2)CN1C(=O)[C@@H](NC(=O)OC)C(C)C. The minimum absolute atomic E-state index is 0.197. The van der Waals surface area contributed by atoms with Gasteiger partial charge in [0.2, 0.25) is 5.91 Å². The van der Waals surface area contributed by atoms with Gasteiger partial charge < -0.3 is 29.3 Å². The molecule has 2 atom stereocenters. The molecule has 2 rings (SSSR count). The quantitative estimate of drug-likeness (QED) is 0.511. The number of likely N-dealkylation sites (tertiary alicyclic amines) is 2. The number of carbonyl (C=O) groups is 4. The zero-order chi connectivity index (χ0) is 23.6. The maximum absolute atomic E-state index is 13.3. The normalized spacial score (nSPS) is 20.8. The number of esters is 1. The Balaban J connectivity index is 2.18. The van der Waals surface area contributed by atoms with Crippen molar-refractivity contribution in [2.45, 2.75) is 65.6 Å². The summed E-state index contributed by atoms with van der Waals surface area (Å²) in [6.07, 6.45) is -0.740. The second kappa shape index (κ2) is 9.32. The molecule has 2 aliphatic heterocycles. The summed E-state index contributed by atoms with van der Waals surface area (Å²) in [5.74, 6) is -1.07. The average molecular weight is 442 g/mol. The van der Waals surface area contributed by atoms with E-state index in [0.717, 1.165) is 0 Å². The van der Waals surface area contributed by atoms with E-state index in [0.29, 0.717) is 26.1 Å². The van der Waals surface area contributed by atoms with Crippen molar-refractivity contribution in [1.29, 1.82) is 0 Å². The van der Waals surface area contributed by atoms with Gasteiger partial charge in [0.15, 0.2) is 0 Å². The van der Waals surface area contributed by atoms with Crippen molar-refractivity contribution in [3.05, 3.63) is 0 Å². The monoisotopic (exact) mass is 441 g/mol. The second-order valence-electron chi connectivity index (χ2n) is 9.63. The third kappa shape index (κ3) is 5.80. The molecule has 10 heteroatoms. The number of hydrogen-bond acceptors (Lipinski definition) is 7. The summed E-state index contributed by atoms with van der Waals surface area (Å²) in [5.41, 5.74) is -1.01. The third-order valence-corrected chi connectivity index (χ3v) is 5.45. The van der Waals surface area contributed by atoms with Crippen molar-refractivity contribution in [3.63, 3.8) is 0 Å². The molecule has 2 fully saturated rings. The number of nitrogens with one attached hydrogen (secondary N) is 1. The molecule has 176 valence electrons. The van der Waals surface area contributed by atoms with Crippen LogP contribution in [0, 0.1) is 11.3 Å². The first kappa shape index (κ1) is 24.7. The molecule has 0 aliphatic carbocycles. The summed E-state index contributed by atoms with van der Waals surface area (Å²) in [5, 5.41) is 2.56. The molecule has 0 aromatic carbocycles. The van der Waals surface area contributed by atoms with Gasteiger partial charge in [0.05, 0.1) is 13.7 Å². The maximum atomic E-state index is 13.3. The lowest BCUT2D eigenvalue weighted by molar-refractivity contribution is -0.153. The number of amides is 3. The summed E-state index contributed by atoms with van der Waals surface area (Å²) in [6, 6.07) is -1.62. The van der Waals surface area contributed by atoms with Crippen molar-refractivity contribution in [1.82, 2.24) is 15.1 Å². The standard InChI is InChI=1S/C21H35N3O7/c1-8-30-17(26)14-9-21(10-23(11-21)19(28)31-20(4,5)6)12-24(14)16(25)15(13(2)3)22-18(27)29-7/h13-15H,8-12H2,1-7H3,(H,22,27)/t14?,15-/m0/s1. The van der Waals surface area contributed by atoms with Gasteiger partial charge in [-0.15, -0.1) is 0 Å². The highest BCUT2D eigenvalue weighted by atomic mass is 16.6. The Labute approximate surface area is 183 Å². The molecule has 0 radical (unpaired) electrons. The summed E-state index contributed by atoms with van der Waals surface area (Å²) in [4.78, 5) is 53.1. The third-order valence-electron chi connectivity index (χ3n) is 5.45. The number of hydrogen-bond donors (Lipinski definition) is 1. The topological polar surface area (TPSA) is 114 Å². The van der Waals surface area contributed by atoms with Gasteiger partial charge in [-0.25, -0.2) is 14.4 Å². The van der Waals surface area contributed by atoms with Gasteiger partial charge in [0.25, 0.3) is 0 Å². The number of ether oxygens (including phenoxy) is 3. The Morgan fingerprint density at radius 2 is 1.74 bits per heavy atom. The number of carbonyl (C=O) groups excluding carboxylic acids is 4. The highest BCUT2D eigenvalue weighted by Crippen LogP contribution is 2.44. The smallest absolute Gasteiger partial charge is 0.410 e. The molecule has 2 saturated heterocycles. The van der Waals surface area contributed by atoms with E-state index in [2.05, 4.69) is 10.1 Å². The van der Waals surface area contributed by atoms with E-state index in [-0.39, 0.29) is 18.4 Å². The van der Waals surface area contributed by atoms with Gasteiger partial charge in [0, 0.05) is 25.0 Å². The Hall–Kier alpha value is -2.52. The maximum Gasteiger partial charge on any atom is 0.410 e. The Morgan fingerprint density at radius 3 is 2.23 bits per heavy atom. The van der Waals surface area contributed by atoms with E-state index >= 15 is 0 Å². The average Bonchev–Trinajstić information content (AvgIpc) is 3.04. The van der Waals surface area contributed by atoms with E-state index in [1.165, 1.54) is 12.0 Å². The van der Waals surface area contributed by atoms with Gasteiger partial charge in [-0.2, -0.15) is 0 Å². The highest BCUT2D eigenvalue weighted by molar-refractivity contribution is 5.90. The number of nitrogens with zero attached hydrogens (tertiary/aromatic N) is 2. The molecule has 1 N–H and O–H groups in total. The molecule has 0 saturated carbocycles. The molecule has 3 amide bonds. The Morgan fingerprint density at radius 1 is 1.13 bits per heavy atom.